The maximum absolute atomic E-state index is 12.6. The highest BCUT2D eigenvalue weighted by Crippen LogP contribution is 2.27. The molecule has 1 heterocycles. The van der Waals surface area contributed by atoms with Gasteiger partial charge in [0.15, 0.2) is 0 Å². The minimum absolute atomic E-state index is 0.171. The third kappa shape index (κ3) is 9.91. The number of nitrogens with one attached hydrogen (secondary N) is 2. The van der Waals surface area contributed by atoms with Crippen molar-refractivity contribution in [1.82, 2.24) is 15.5 Å². The first-order chi connectivity index (χ1) is 16.3. The fourth-order valence-electron chi connectivity index (χ4n) is 5.15. The molecule has 5 nitrogen and oxygen atoms in total. The van der Waals surface area contributed by atoms with Gasteiger partial charge in [-0.25, -0.2) is 4.79 Å². The van der Waals surface area contributed by atoms with Crippen LogP contribution in [0.4, 0.5) is 4.79 Å². The molecule has 0 unspecified atom stereocenters. The molecule has 1 aliphatic carbocycles. The molecule has 1 aromatic carbocycles. The summed E-state index contributed by atoms with van der Waals surface area (Å²) >= 11 is 5.85. The van der Waals surface area contributed by atoms with Gasteiger partial charge in [0.05, 0.1) is 11.0 Å². The van der Waals surface area contributed by atoms with Gasteiger partial charge in [-0.1, -0.05) is 81.1 Å². The zero-order chi connectivity index (χ0) is 24.4. The van der Waals surface area contributed by atoms with Crippen molar-refractivity contribution < 1.29 is 9.53 Å². The second-order valence-electron chi connectivity index (χ2n) is 11.2. The molecule has 1 atom stereocenters. The topological polar surface area (TPSA) is 53.6 Å². The van der Waals surface area contributed by atoms with E-state index < -0.39 is 5.60 Å². The van der Waals surface area contributed by atoms with Crippen LogP contribution in [0.1, 0.15) is 90.5 Å². The monoisotopic (exact) mass is 487 g/mol. The Morgan fingerprint density at radius 2 is 1.71 bits per heavy atom. The van der Waals surface area contributed by atoms with Crippen LogP contribution < -0.4 is 10.6 Å². The van der Waals surface area contributed by atoms with Crippen LogP contribution in [-0.4, -0.2) is 46.8 Å². The summed E-state index contributed by atoms with van der Waals surface area (Å²) in [7, 11) is 0. The Kier molecular flexibility index (Phi) is 10.6. The molecule has 1 aromatic rings. The lowest BCUT2D eigenvalue weighted by molar-refractivity contribution is 0.0514. The largest absolute Gasteiger partial charge is 0.444 e. The Balaban J connectivity index is 1.50. The Bertz CT molecular complexity index is 749. The number of alkyl carbamates (subject to hydrolysis) is 1. The summed E-state index contributed by atoms with van der Waals surface area (Å²) in [4.78, 5) is 15.8. The fourth-order valence-corrected chi connectivity index (χ4v) is 5.50. The van der Waals surface area contributed by atoms with Gasteiger partial charge >= 0.3 is 6.09 Å². The highest BCUT2D eigenvalue weighted by Gasteiger charge is 2.26. The molecule has 1 aliphatic heterocycles. The lowest BCUT2D eigenvalue weighted by Crippen LogP contribution is -2.52. The van der Waals surface area contributed by atoms with Crippen molar-refractivity contribution in [2.24, 2.45) is 5.92 Å². The van der Waals surface area contributed by atoms with Gasteiger partial charge in [-0.15, -0.1) is 0 Å². The van der Waals surface area contributed by atoms with Crippen molar-refractivity contribution in [3.63, 3.8) is 0 Å². The van der Waals surface area contributed by atoms with Crippen molar-refractivity contribution in [1.29, 1.82) is 0 Å². The second kappa shape index (κ2) is 13.4. The highest BCUT2D eigenvalue weighted by molar-refractivity contribution is 7.80. The number of thiocarbonyl (C=S) groups is 1. The number of piperidine rings is 1. The molecular formula is C28H45N3O2S. The third-order valence-corrected chi connectivity index (χ3v) is 7.43. The number of rotatable bonds is 8. The van der Waals surface area contributed by atoms with Crippen LogP contribution in [0, 0.1) is 5.92 Å². The zero-order valence-corrected chi connectivity index (χ0v) is 22.3. The maximum Gasteiger partial charge on any atom is 0.408 e. The van der Waals surface area contributed by atoms with E-state index in [4.69, 9.17) is 17.0 Å². The van der Waals surface area contributed by atoms with Crippen LogP contribution >= 0.6 is 12.2 Å². The van der Waals surface area contributed by atoms with Crippen LogP contribution in [0.5, 0.6) is 0 Å². The SMILES string of the molecule is CC(C)(C)OC(=O)N[C@H](CCC1CCCCCC1)C(=S)NC1CCN(Cc2ccccc2)CC1. The smallest absolute Gasteiger partial charge is 0.408 e. The van der Waals surface area contributed by atoms with E-state index in [-0.39, 0.29) is 12.1 Å². The standard InChI is InChI=1S/C28H45N3O2S/c1-28(2,3)33-27(32)30-25(16-15-22-11-7-4-5-8-12-22)26(34)29-24-17-19-31(20-18-24)21-23-13-9-6-10-14-23/h6,9-10,13-14,22,24-25H,4-5,7-8,11-12,15-21H2,1-3H3,(H,29,34)(H,30,32)/t25-/m1/s1. The van der Waals surface area contributed by atoms with Crippen molar-refractivity contribution in [3.8, 4) is 0 Å². The summed E-state index contributed by atoms with van der Waals surface area (Å²) in [6.45, 7) is 8.80. The molecule has 0 aromatic heterocycles. The van der Waals surface area contributed by atoms with E-state index in [9.17, 15) is 4.79 Å². The van der Waals surface area contributed by atoms with Crippen LogP contribution in [-0.2, 0) is 11.3 Å². The predicted octanol–water partition coefficient (Wildman–Crippen LogP) is 6.21. The van der Waals surface area contributed by atoms with Crippen LogP contribution in [0.15, 0.2) is 30.3 Å². The van der Waals surface area contributed by atoms with Gasteiger partial charge in [-0.2, -0.15) is 0 Å². The van der Waals surface area contributed by atoms with Crippen LogP contribution in [0.2, 0.25) is 0 Å². The summed E-state index contributed by atoms with van der Waals surface area (Å²) in [5, 5.41) is 6.69. The third-order valence-electron chi connectivity index (χ3n) is 7.03. The second-order valence-corrected chi connectivity index (χ2v) is 11.6. The van der Waals surface area contributed by atoms with Gasteiger partial charge in [-0.3, -0.25) is 4.90 Å². The molecule has 2 N–H and O–H groups in total. The molecule has 1 amide bonds. The van der Waals surface area contributed by atoms with E-state index >= 15 is 0 Å². The van der Waals surface area contributed by atoms with E-state index in [1.807, 2.05) is 20.8 Å². The average molecular weight is 488 g/mol. The van der Waals surface area contributed by atoms with Crippen molar-refractivity contribution in [2.45, 2.75) is 109 Å². The number of hydrogen-bond donors (Lipinski definition) is 2. The first-order valence-corrected chi connectivity index (χ1v) is 13.8. The molecular weight excluding hydrogens is 442 g/mol. The van der Waals surface area contributed by atoms with Crippen LogP contribution in [0.25, 0.3) is 0 Å². The molecule has 1 saturated carbocycles. The number of likely N-dealkylation sites (tertiary alicyclic amines) is 1. The lowest BCUT2D eigenvalue weighted by atomic mass is 9.92. The van der Waals surface area contributed by atoms with Crippen molar-refractivity contribution >= 4 is 23.3 Å². The van der Waals surface area contributed by atoms with Gasteiger partial charge in [-0.05, 0) is 57.9 Å². The number of ether oxygens (including phenoxy) is 1. The summed E-state index contributed by atoms with van der Waals surface area (Å²) in [5.41, 5.74) is 0.848. The molecule has 34 heavy (non-hydrogen) atoms. The van der Waals surface area contributed by atoms with Crippen molar-refractivity contribution in [2.75, 3.05) is 13.1 Å². The Morgan fingerprint density at radius 3 is 2.32 bits per heavy atom. The van der Waals surface area contributed by atoms with Gasteiger partial charge in [0.1, 0.15) is 5.60 Å². The highest BCUT2D eigenvalue weighted by atomic mass is 32.1. The Hall–Kier alpha value is -1.66. The van der Waals surface area contributed by atoms with E-state index in [1.54, 1.807) is 0 Å². The zero-order valence-electron chi connectivity index (χ0n) is 21.5. The van der Waals surface area contributed by atoms with E-state index in [2.05, 4.69) is 45.9 Å². The first kappa shape index (κ1) is 26.9. The molecule has 190 valence electrons. The maximum atomic E-state index is 12.6. The first-order valence-electron chi connectivity index (χ1n) is 13.3. The molecule has 6 heteroatoms. The lowest BCUT2D eigenvalue weighted by Gasteiger charge is -2.34. The molecule has 0 bridgehead atoms. The van der Waals surface area contributed by atoms with Gasteiger partial charge < -0.3 is 15.4 Å². The minimum Gasteiger partial charge on any atom is -0.444 e. The minimum atomic E-state index is -0.517. The van der Waals surface area contributed by atoms with Gasteiger partial charge in [0, 0.05) is 25.7 Å². The number of carbonyl (C=O) groups is 1. The number of nitrogens with zero attached hydrogens (tertiary/aromatic N) is 1. The summed E-state index contributed by atoms with van der Waals surface area (Å²) in [6.07, 6.45) is 11.7. The number of amides is 1. The Labute approximate surface area is 212 Å². The molecule has 1 saturated heterocycles. The van der Waals surface area contributed by atoms with Gasteiger partial charge in [0.25, 0.3) is 0 Å². The van der Waals surface area contributed by atoms with E-state index in [0.29, 0.717) is 6.04 Å². The van der Waals surface area contributed by atoms with Crippen LogP contribution in [0.3, 0.4) is 0 Å². The summed E-state index contributed by atoms with van der Waals surface area (Å²) in [5.74, 6) is 0.745. The number of carbonyl (C=O) groups excluding carboxylic acids is 1. The quantitative estimate of drug-likeness (QED) is 0.337. The summed E-state index contributed by atoms with van der Waals surface area (Å²) < 4.78 is 5.55. The normalized spacial score (nSPS) is 19.7. The molecule has 0 radical (unpaired) electrons. The summed E-state index contributed by atoms with van der Waals surface area (Å²) in [6, 6.07) is 10.9. The molecule has 0 spiro atoms. The van der Waals surface area contributed by atoms with E-state index in [0.717, 1.165) is 56.2 Å². The van der Waals surface area contributed by atoms with Gasteiger partial charge in [0.2, 0.25) is 0 Å². The predicted molar refractivity (Wildman–Crippen MR) is 144 cm³/mol. The molecule has 2 fully saturated rings. The fraction of sp³-hybridized carbons (Fsp3) is 0.714. The number of benzene rings is 1. The average Bonchev–Trinajstić information content (AvgIpc) is 3.06. The Morgan fingerprint density at radius 1 is 1.06 bits per heavy atom. The molecule has 3 rings (SSSR count). The molecule has 2 aliphatic rings. The van der Waals surface area contributed by atoms with E-state index in [1.165, 1.54) is 44.1 Å². The van der Waals surface area contributed by atoms with Crippen molar-refractivity contribution in [3.05, 3.63) is 35.9 Å². The number of hydrogen-bond acceptors (Lipinski definition) is 4.